The topological polar surface area (TPSA) is 53.8 Å². The molecule has 0 aromatic carbocycles. The lowest BCUT2D eigenvalue weighted by atomic mass is 9.94. The van der Waals surface area contributed by atoms with Gasteiger partial charge in [-0.05, 0) is 30.5 Å². The molecule has 0 bridgehead atoms. The number of furan rings is 1. The number of hydrogen-bond acceptors (Lipinski definition) is 3. The number of nitrogens with zero attached hydrogens (tertiary/aromatic N) is 2. The van der Waals surface area contributed by atoms with Crippen LogP contribution in [-0.4, -0.2) is 47.8 Å². The third-order valence-corrected chi connectivity index (χ3v) is 5.03. The highest BCUT2D eigenvalue weighted by molar-refractivity contribution is 5.91. The van der Waals surface area contributed by atoms with Crippen LogP contribution in [0.2, 0.25) is 0 Å². The van der Waals surface area contributed by atoms with Crippen LogP contribution in [0.15, 0.2) is 22.6 Å². The van der Waals surface area contributed by atoms with Gasteiger partial charge in [-0.3, -0.25) is 9.59 Å². The molecule has 5 nitrogen and oxygen atoms in total. The molecular weight excluding hydrogens is 316 g/mol. The summed E-state index contributed by atoms with van der Waals surface area (Å²) in [6.45, 7) is 10.3. The zero-order valence-corrected chi connectivity index (χ0v) is 15.6. The first-order chi connectivity index (χ1) is 11.8. The van der Waals surface area contributed by atoms with Crippen molar-refractivity contribution in [3.63, 3.8) is 0 Å². The Morgan fingerprint density at radius 1 is 1.12 bits per heavy atom. The summed E-state index contributed by atoms with van der Waals surface area (Å²) in [5.74, 6) is 3.12. The first kappa shape index (κ1) is 17.8. The molecule has 1 aliphatic carbocycles. The van der Waals surface area contributed by atoms with E-state index in [4.69, 9.17) is 4.42 Å². The smallest absolute Gasteiger partial charge is 0.246 e. The molecule has 0 spiro atoms. The molecular formula is C20H28N2O3. The van der Waals surface area contributed by atoms with Crippen LogP contribution in [0.3, 0.4) is 0 Å². The van der Waals surface area contributed by atoms with Gasteiger partial charge >= 0.3 is 0 Å². The molecule has 25 heavy (non-hydrogen) atoms. The molecule has 2 amide bonds. The number of hydrogen-bond donors (Lipinski definition) is 0. The third-order valence-electron chi connectivity index (χ3n) is 5.03. The van der Waals surface area contributed by atoms with Crippen molar-refractivity contribution in [2.75, 3.05) is 26.2 Å². The van der Waals surface area contributed by atoms with Gasteiger partial charge in [0.25, 0.3) is 0 Å². The molecule has 1 aromatic rings. The quantitative estimate of drug-likeness (QED) is 0.792. The van der Waals surface area contributed by atoms with Crippen LogP contribution in [0.4, 0.5) is 0 Å². The van der Waals surface area contributed by atoms with Crippen LogP contribution in [0, 0.1) is 11.3 Å². The van der Waals surface area contributed by atoms with Gasteiger partial charge in [0.2, 0.25) is 11.8 Å². The molecule has 2 fully saturated rings. The Bertz CT molecular complexity index is 675. The minimum atomic E-state index is -0.373. The van der Waals surface area contributed by atoms with Crippen molar-refractivity contribution < 1.29 is 14.0 Å². The summed E-state index contributed by atoms with van der Waals surface area (Å²) in [6, 6.07) is 3.93. The molecule has 2 unspecified atom stereocenters. The van der Waals surface area contributed by atoms with Gasteiger partial charge in [0.1, 0.15) is 11.5 Å². The van der Waals surface area contributed by atoms with Crippen molar-refractivity contribution in [1.29, 1.82) is 0 Å². The SMILES string of the molecule is CC1CC1c1ccc(/C=C/C(=O)N2CCN(C(=O)C(C)(C)C)CC2)o1. The second-order valence-corrected chi connectivity index (χ2v) is 8.26. The summed E-state index contributed by atoms with van der Waals surface area (Å²) in [5, 5.41) is 0. The van der Waals surface area contributed by atoms with Gasteiger partial charge in [-0.15, -0.1) is 0 Å². The fourth-order valence-electron chi connectivity index (χ4n) is 3.24. The molecule has 1 aliphatic heterocycles. The summed E-state index contributed by atoms with van der Waals surface area (Å²) in [7, 11) is 0. The fraction of sp³-hybridized carbons (Fsp3) is 0.600. The predicted molar refractivity (Wildman–Crippen MR) is 96.9 cm³/mol. The van der Waals surface area contributed by atoms with Gasteiger partial charge in [-0.25, -0.2) is 0 Å². The molecule has 3 rings (SSSR count). The highest BCUT2D eigenvalue weighted by atomic mass is 16.3. The monoisotopic (exact) mass is 344 g/mol. The lowest BCUT2D eigenvalue weighted by Gasteiger charge is -2.37. The summed E-state index contributed by atoms with van der Waals surface area (Å²) in [6.07, 6.45) is 4.50. The highest BCUT2D eigenvalue weighted by Crippen LogP contribution is 2.47. The fourth-order valence-corrected chi connectivity index (χ4v) is 3.24. The molecule has 1 aromatic heterocycles. The summed E-state index contributed by atoms with van der Waals surface area (Å²) < 4.78 is 5.79. The molecule has 0 N–H and O–H groups in total. The van der Waals surface area contributed by atoms with E-state index >= 15 is 0 Å². The summed E-state index contributed by atoms with van der Waals surface area (Å²) in [5.41, 5.74) is -0.373. The number of piperazine rings is 1. The van der Waals surface area contributed by atoms with Crippen molar-refractivity contribution in [1.82, 2.24) is 9.80 Å². The van der Waals surface area contributed by atoms with Crippen LogP contribution in [0.25, 0.3) is 6.08 Å². The highest BCUT2D eigenvalue weighted by Gasteiger charge is 2.36. The van der Waals surface area contributed by atoms with Crippen LogP contribution in [-0.2, 0) is 9.59 Å². The molecule has 0 radical (unpaired) electrons. The molecule has 2 atom stereocenters. The van der Waals surface area contributed by atoms with Crippen LogP contribution >= 0.6 is 0 Å². The Labute approximate surface area is 149 Å². The Morgan fingerprint density at radius 2 is 1.72 bits per heavy atom. The minimum Gasteiger partial charge on any atom is -0.461 e. The second-order valence-electron chi connectivity index (χ2n) is 8.26. The second kappa shape index (κ2) is 6.70. The van der Waals surface area contributed by atoms with Gasteiger partial charge in [0, 0.05) is 43.6 Å². The van der Waals surface area contributed by atoms with Crippen LogP contribution in [0.5, 0.6) is 0 Å². The predicted octanol–water partition coefficient (Wildman–Crippen LogP) is 3.13. The normalized spacial score (nSPS) is 24.0. The van der Waals surface area contributed by atoms with E-state index in [1.807, 2.05) is 37.8 Å². The zero-order chi connectivity index (χ0) is 18.2. The van der Waals surface area contributed by atoms with Crippen molar-refractivity contribution in [3.05, 3.63) is 29.7 Å². The molecule has 5 heteroatoms. The first-order valence-corrected chi connectivity index (χ1v) is 9.12. The van der Waals surface area contributed by atoms with Crippen LogP contribution in [0.1, 0.15) is 51.6 Å². The van der Waals surface area contributed by atoms with Gasteiger partial charge in [-0.1, -0.05) is 27.7 Å². The lowest BCUT2D eigenvalue weighted by Crippen LogP contribution is -2.52. The standard InChI is InChI=1S/C20H28N2O3/c1-14-13-16(14)17-7-5-15(25-17)6-8-18(23)21-9-11-22(12-10-21)19(24)20(2,3)4/h5-8,14,16H,9-13H2,1-4H3/b8-6+. The number of carbonyl (C=O) groups excluding carboxylic acids is 2. The minimum absolute atomic E-state index is 0.0272. The van der Waals surface area contributed by atoms with Crippen molar-refractivity contribution in [2.24, 2.45) is 11.3 Å². The first-order valence-electron chi connectivity index (χ1n) is 9.12. The van der Waals surface area contributed by atoms with Gasteiger partial charge in [-0.2, -0.15) is 0 Å². The van der Waals surface area contributed by atoms with E-state index in [1.54, 1.807) is 17.1 Å². The van der Waals surface area contributed by atoms with Gasteiger partial charge in [0.05, 0.1) is 0 Å². The molecule has 2 heterocycles. The Balaban J connectivity index is 1.51. The van der Waals surface area contributed by atoms with E-state index < -0.39 is 0 Å². The maximum atomic E-state index is 12.3. The Hall–Kier alpha value is -2.04. The van der Waals surface area contributed by atoms with Crippen molar-refractivity contribution >= 4 is 17.9 Å². The average Bonchev–Trinajstić information content (AvgIpc) is 3.12. The van der Waals surface area contributed by atoms with Gasteiger partial charge < -0.3 is 14.2 Å². The largest absolute Gasteiger partial charge is 0.461 e. The summed E-state index contributed by atoms with van der Waals surface area (Å²) in [4.78, 5) is 28.3. The maximum absolute atomic E-state index is 12.3. The molecule has 1 saturated carbocycles. The van der Waals surface area contributed by atoms with E-state index in [2.05, 4.69) is 6.92 Å². The Kier molecular flexibility index (Phi) is 4.76. The lowest BCUT2D eigenvalue weighted by molar-refractivity contribution is -0.143. The molecule has 136 valence electrons. The van der Waals surface area contributed by atoms with Crippen LogP contribution < -0.4 is 0 Å². The van der Waals surface area contributed by atoms with E-state index in [0.29, 0.717) is 38.0 Å². The Morgan fingerprint density at radius 3 is 2.28 bits per heavy atom. The number of rotatable bonds is 3. The summed E-state index contributed by atoms with van der Waals surface area (Å²) >= 11 is 0. The third kappa shape index (κ3) is 4.14. The van der Waals surface area contributed by atoms with Crippen molar-refractivity contribution in [2.45, 2.75) is 40.0 Å². The average molecular weight is 344 g/mol. The molecule has 1 saturated heterocycles. The maximum Gasteiger partial charge on any atom is 0.246 e. The van der Waals surface area contributed by atoms with E-state index in [-0.39, 0.29) is 17.2 Å². The van der Waals surface area contributed by atoms with E-state index in [1.165, 1.54) is 6.42 Å². The molecule has 2 aliphatic rings. The van der Waals surface area contributed by atoms with E-state index in [9.17, 15) is 9.59 Å². The number of amides is 2. The van der Waals surface area contributed by atoms with Gasteiger partial charge in [0.15, 0.2) is 0 Å². The van der Waals surface area contributed by atoms with Crippen molar-refractivity contribution in [3.8, 4) is 0 Å². The zero-order valence-electron chi connectivity index (χ0n) is 15.6. The van der Waals surface area contributed by atoms with E-state index in [0.717, 1.165) is 11.5 Å². The number of carbonyl (C=O) groups is 2.